The molecule has 7 heteroatoms. The van der Waals surface area contributed by atoms with Crippen LogP contribution in [0, 0.1) is 0 Å². The van der Waals surface area contributed by atoms with Gasteiger partial charge in [0.15, 0.2) is 0 Å². The molecule has 0 aromatic rings. The molecular formula is C2H5B6N. The van der Waals surface area contributed by atoms with E-state index >= 15 is 0 Å². The Bertz CT molecular complexity index is 127. The third kappa shape index (κ3) is 8.19. The first-order chi connectivity index (χ1) is 4.41. The van der Waals surface area contributed by atoms with Crippen molar-refractivity contribution >= 4 is 41.5 Å². The maximum atomic E-state index is 5.07. The molecule has 0 bridgehead atoms. The van der Waals surface area contributed by atoms with Gasteiger partial charge in [-0.2, -0.15) is 0 Å². The van der Waals surface area contributed by atoms with Crippen molar-refractivity contribution < 1.29 is 0 Å². The second-order valence-corrected chi connectivity index (χ2v) is 1.42. The number of nitrogens with zero attached hydrogens (tertiary/aromatic N) is 1. The van der Waals surface area contributed by atoms with E-state index in [1.54, 1.807) is 13.7 Å². The van der Waals surface area contributed by atoms with E-state index in [1.807, 2.05) is 20.3 Å². The van der Waals surface area contributed by atoms with Crippen molar-refractivity contribution in [1.82, 2.24) is 0 Å². The van der Waals surface area contributed by atoms with Gasteiger partial charge in [0.2, 0.25) is 0 Å². The Morgan fingerprint density at radius 2 is 2.11 bits per heavy atom. The summed E-state index contributed by atoms with van der Waals surface area (Å²) in [6, 6.07) is 0. The Balaban J connectivity index is 3.35. The van der Waals surface area contributed by atoms with Crippen LogP contribution in [-0.4, -0.2) is 48.0 Å². The second-order valence-electron chi connectivity index (χ2n) is 1.42. The van der Waals surface area contributed by atoms with Crippen LogP contribution in [0.15, 0.2) is 4.90 Å². The third-order valence-electron chi connectivity index (χ3n) is 0.707. The summed E-state index contributed by atoms with van der Waals surface area (Å²) in [6.07, 6.45) is 0. The fourth-order valence-electron chi connectivity index (χ4n) is 0.344. The molecule has 9 heavy (non-hydrogen) atoms. The Kier molecular flexibility index (Phi) is 8.36. The fourth-order valence-corrected chi connectivity index (χ4v) is 0.344. The Hall–Kier alpha value is 0.190. The van der Waals surface area contributed by atoms with E-state index in [0.717, 1.165) is 6.54 Å². The van der Waals surface area contributed by atoms with Gasteiger partial charge in [-0.3, -0.25) is 0 Å². The standard InChI is InChI=1S/C2H5B6N/c1-2-9-8-7-6-5-4-3/h2H2,1H3. The van der Waals surface area contributed by atoms with Gasteiger partial charge in [0, 0.05) is 0 Å². The second kappa shape index (κ2) is 8.19. The molecule has 0 saturated heterocycles. The Labute approximate surface area is 60.5 Å². The van der Waals surface area contributed by atoms with Crippen LogP contribution in [0.4, 0.5) is 0 Å². The normalized spacial score (nSPS) is 8.11. The van der Waals surface area contributed by atoms with Crippen LogP contribution in [0.25, 0.3) is 0 Å². The Morgan fingerprint density at radius 1 is 1.33 bits per heavy atom. The monoisotopic (exact) mass is 109 g/mol. The van der Waals surface area contributed by atoms with Gasteiger partial charge >= 0.3 is 59.8 Å². The number of hydrogen-bond donors (Lipinski definition) is 0. The molecule has 0 heterocycles. The van der Waals surface area contributed by atoms with Crippen molar-refractivity contribution in [2.24, 2.45) is 4.90 Å². The van der Waals surface area contributed by atoms with E-state index in [4.69, 9.17) is 7.74 Å². The molecule has 0 aromatic carbocycles. The zero-order chi connectivity index (χ0) is 6.95. The molecule has 0 N–H and O–H groups in total. The summed E-state index contributed by atoms with van der Waals surface area (Å²) in [7, 11) is 5.07. The predicted molar refractivity (Wildman–Crippen MR) is 47.5 cm³/mol. The molecule has 0 fully saturated rings. The first-order valence-corrected chi connectivity index (χ1v) is 2.95. The van der Waals surface area contributed by atoms with E-state index in [0.29, 0.717) is 0 Å². The van der Waals surface area contributed by atoms with Gasteiger partial charge in [-0.05, 0) is 0 Å². The minimum absolute atomic E-state index is 0.830. The predicted octanol–water partition coefficient (Wildman–Crippen LogP) is -1.55. The molecule has 0 amide bonds. The quantitative estimate of drug-likeness (QED) is 0.388. The molecular weight excluding hydrogens is 103 g/mol. The van der Waals surface area contributed by atoms with Crippen LogP contribution in [-0.2, 0) is 0 Å². The molecule has 0 aliphatic carbocycles. The molecule has 36 valence electrons. The van der Waals surface area contributed by atoms with Crippen molar-refractivity contribution in [3.63, 3.8) is 0 Å². The molecule has 0 rings (SSSR count). The van der Waals surface area contributed by atoms with Crippen molar-refractivity contribution in [1.29, 1.82) is 0 Å². The first kappa shape index (κ1) is 9.19. The average molecular weight is 108 g/mol. The molecule has 0 atom stereocenters. The van der Waals surface area contributed by atoms with Gasteiger partial charge in [0.1, 0.15) is 0 Å². The van der Waals surface area contributed by atoms with Gasteiger partial charge in [0.05, 0.1) is 0 Å². The summed E-state index contributed by atoms with van der Waals surface area (Å²) in [4.78, 5) is 3.96. The van der Waals surface area contributed by atoms with Crippen LogP contribution in [0.5, 0.6) is 0 Å². The summed E-state index contributed by atoms with van der Waals surface area (Å²) in [5, 5.41) is 0. The number of rotatable bonds is 3. The average Bonchev–Trinajstić information content (AvgIpc) is 1.89. The summed E-state index contributed by atoms with van der Waals surface area (Å²) in [5.41, 5.74) is 0. The zero-order valence-electron chi connectivity index (χ0n) is 5.62. The van der Waals surface area contributed by atoms with Gasteiger partial charge in [-0.1, -0.05) is 0 Å². The van der Waals surface area contributed by atoms with E-state index in [1.165, 1.54) is 6.69 Å². The van der Waals surface area contributed by atoms with Gasteiger partial charge in [-0.25, -0.2) is 0 Å². The van der Waals surface area contributed by atoms with Crippen LogP contribution in [0.2, 0.25) is 0 Å². The maximum absolute atomic E-state index is 5.07. The van der Waals surface area contributed by atoms with E-state index in [9.17, 15) is 0 Å². The van der Waals surface area contributed by atoms with Gasteiger partial charge in [-0.15, -0.1) is 0 Å². The van der Waals surface area contributed by atoms with Crippen LogP contribution >= 0.6 is 0 Å². The van der Waals surface area contributed by atoms with Crippen molar-refractivity contribution in [3.05, 3.63) is 0 Å². The summed E-state index contributed by atoms with van der Waals surface area (Å²) < 4.78 is 0. The molecule has 0 aliphatic rings. The van der Waals surface area contributed by atoms with Crippen LogP contribution in [0.3, 0.4) is 0 Å². The van der Waals surface area contributed by atoms with Crippen molar-refractivity contribution in [3.8, 4) is 0 Å². The molecule has 0 unspecified atom stereocenters. The Morgan fingerprint density at radius 3 is 2.67 bits per heavy atom. The number of hydrogen-bond acceptors (Lipinski definition) is 1. The topological polar surface area (TPSA) is 12.4 Å². The molecule has 0 saturated carbocycles. The molecule has 2 radical (unpaired) electrons. The zero-order valence-corrected chi connectivity index (χ0v) is 5.62. The summed E-state index contributed by atoms with van der Waals surface area (Å²) in [6.45, 7) is 11.5. The van der Waals surface area contributed by atoms with E-state index in [2.05, 4.69) is 4.90 Å². The van der Waals surface area contributed by atoms with Crippen LogP contribution in [0.1, 0.15) is 6.92 Å². The third-order valence-corrected chi connectivity index (χ3v) is 0.707. The first-order valence-electron chi connectivity index (χ1n) is 2.95. The summed E-state index contributed by atoms with van der Waals surface area (Å²) >= 11 is 0. The molecule has 0 aliphatic heterocycles. The SMILES string of the molecule is [B]B=BB=BB=NCC. The van der Waals surface area contributed by atoms with E-state index in [-0.39, 0.29) is 0 Å². The fraction of sp³-hybridized carbons (Fsp3) is 1.00. The summed E-state index contributed by atoms with van der Waals surface area (Å²) in [5.74, 6) is 0. The molecule has 1 nitrogen and oxygen atoms in total. The van der Waals surface area contributed by atoms with Crippen molar-refractivity contribution in [2.75, 3.05) is 6.54 Å². The van der Waals surface area contributed by atoms with Crippen molar-refractivity contribution in [2.45, 2.75) is 6.92 Å². The minimum atomic E-state index is 0.830. The van der Waals surface area contributed by atoms with Gasteiger partial charge < -0.3 is 0 Å². The molecule has 0 spiro atoms. The molecule has 0 aromatic heterocycles. The van der Waals surface area contributed by atoms with Crippen LogP contribution < -0.4 is 0 Å². The van der Waals surface area contributed by atoms with Gasteiger partial charge in [0.25, 0.3) is 0 Å². The van der Waals surface area contributed by atoms with E-state index < -0.39 is 0 Å².